The van der Waals surface area contributed by atoms with Crippen LogP contribution in [0.25, 0.3) is 0 Å². The van der Waals surface area contributed by atoms with Crippen molar-refractivity contribution in [2.75, 3.05) is 25.4 Å². The van der Waals surface area contributed by atoms with Gasteiger partial charge in [0.25, 0.3) is 10.0 Å². The number of benzene rings is 2. The molecule has 0 aromatic heterocycles. The number of nitrogens with one attached hydrogen (secondary N) is 1. The third kappa shape index (κ3) is 5.33. The molecule has 2 aromatic carbocycles. The molecule has 2 rings (SSSR count). The molecule has 0 aliphatic heterocycles. The molecule has 0 spiro atoms. The van der Waals surface area contributed by atoms with Crippen molar-refractivity contribution in [1.82, 2.24) is 4.90 Å². The standard InChI is InChI=1S/C16H20N2O2S.ClH/c1-18(2)12-11-14-7-6-8-15(13-14)17-21(19,20)16-9-4-3-5-10-16;/h3-10,13,17H,11-12H2,1-2H3;1H. The highest BCUT2D eigenvalue weighted by molar-refractivity contribution is 7.92. The smallest absolute Gasteiger partial charge is 0.261 e. The number of hydrogen-bond acceptors (Lipinski definition) is 3. The molecular formula is C16H21ClN2O2S. The van der Waals surface area contributed by atoms with Crippen LogP contribution in [0.1, 0.15) is 5.56 Å². The average Bonchev–Trinajstić information content (AvgIpc) is 2.46. The van der Waals surface area contributed by atoms with Gasteiger partial charge >= 0.3 is 0 Å². The van der Waals surface area contributed by atoms with E-state index in [2.05, 4.69) is 9.62 Å². The summed E-state index contributed by atoms with van der Waals surface area (Å²) in [5, 5.41) is 0. The number of nitrogens with zero attached hydrogens (tertiary/aromatic N) is 1. The van der Waals surface area contributed by atoms with Crippen molar-refractivity contribution in [2.24, 2.45) is 0 Å². The summed E-state index contributed by atoms with van der Waals surface area (Å²) in [5.41, 5.74) is 1.70. The number of rotatable bonds is 6. The van der Waals surface area contributed by atoms with Crippen LogP contribution in [0.2, 0.25) is 0 Å². The first-order valence-corrected chi connectivity index (χ1v) is 8.27. The van der Waals surface area contributed by atoms with Crippen molar-refractivity contribution in [1.29, 1.82) is 0 Å². The van der Waals surface area contributed by atoms with Crippen molar-refractivity contribution in [2.45, 2.75) is 11.3 Å². The Balaban J connectivity index is 0.00000242. The highest BCUT2D eigenvalue weighted by Gasteiger charge is 2.13. The molecule has 0 atom stereocenters. The molecule has 2 aromatic rings. The van der Waals surface area contributed by atoms with Gasteiger partial charge in [0.1, 0.15) is 0 Å². The molecule has 0 radical (unpaired) electrons. The molecule has 0 amide bonds. The molecular weight excluding hydrogens is 320 g/mol. The van der Waals surface area contributed by atoms with E-state index in [0.29, 0.717) is 5.69 Å². The average molecular weight is 341 g/mol. The zero-order chi connectivity index (χ0) is 15.3. The van der Waals surface area contributed by atoms with Crippen LogP contribution in [0.4, 0.5) is 5.69 Å². The third-order valence-electron chi connectivity index (χ3n) is 3.08. The Hall–Kier alpha value is -1.56. The Kier molecular flexibility index (Phi) is 6.87. The predicted molar refractivity (Wildman–Crippen MR) is 93.2 cm³/mol. The van der Waals surface area contributed by atoms with E-state index in [-0.39, 0.29) is 17.3 Å². The maximum Gasteiger partial charge on any atom is 0.261 e. The lowest BCUT2D eigenvalue weighted by molar-refractivity contribution is 0.413. The van der Waals surface area contributed by atoms with Crippen molar-refractivity contribution in [3.05, 3.63) is 60.2 Å². The van der Waals surface area contributed by atoms with Gasteiger partial charge in [-0.05, 0) is 50.3 Å². The van der Waals surface area contributed by atoms with Gasteiger partial charge in [-0.1, -0.05) is 30.3 Å². The fourth-order valence-corrected chi connectivity index (χ4v) is 3.03. The van der Waals surface area contributed by atoms with E-state index in [0.717, 1.165) is 18.5 Å². The van der Waals surface area contributed by atoms with Crippen molar-refractivity contribution >= 4 is 28.1 Å². The van der Waals surface area contributed by atoms with Gasteiger partial charge in [-0.2, -0.15) is 0 Å². The van der Waals surface area contributed by atoms with Gasteiger partial charge in [0.2, 0.25) is 0 Å². The van der Waals surface area contributed by atoms with E-state index >= 15 is 0 Å². The van der Waals surface area contributed by atoms with Crippen LogP contribution in [0.5, 0.6) is 0 Å². The first-order valence-electron chi connectivity index (χ1n) is 6.79. The number of halogens is 1. The molecule has 0 unspecified atom stereocenters. The lowest BCUT2D eigenvalue weighted by Crippen LogP contribution is -2.15. The van der Waals surface area contributed by atoms with Crippen molar-refractivity contribution < 1.29 is 8.42 Å². The van der Waals surface area contributed by atoms with Gasteiger partial charge in [0.15, 0.2) is 0 Å². The summed E-state index contributed by atoms with van der Waals surface area (Å²) in [6.45, 7) is 0.925. The molecule has 0 saturated carbocycles. The van der Waals surface area contributed by atoms with E-state index in [4.69, 9.17) is 0 Å². The SMILES string of the molecule is CN(C)CCc1cccc(NS(=O)(=O)c2ccccc2)c1.Cl. The van der Waals surface area contributed by atoms with Crippen LogP contribution in [-0.4, -0.2) is 34.0 Å². The Morgan fingerprint density at radius 3 is 2.32 bits per heavy atom. The maximum atomic E-state index is 12.3. The number of sulfonamides is 1. The number of anilines is 1. The van der Waals surface area contributed by atoms with E-state index in [1.807, 2.05) is 32.3 Å². The van der Waals surface area contributed by atoms with E-state index in [9.17, 15) is 8.42 Å². The molecule has 0 fully saturated rings. The summed E-state index contributed by atoms with van der Waals surface area (Å²) in [4.78, 5) is 2.37. The fourth-order valence-electron chi connectivity index (χ4n) is 1.96. The number of hydrogen-bond donors (Lipinski definition) is 1. The van der Waals surface area contributed by atoms with E-state index in [1.165, 1.54) is 0 Å². The molecule has 0 saturated heterocycles. The lowest BCUT2D eigenvalue weighted by atomic mass is 10.1. The summed E-state index contributed by atoms with van der Waals surface area (Å²) in [6.07, 6.45) is 0.883. The van der Waals surface area contributed by atoms with Gasteiger partial charge in [-0.25, -0.2) is 8.42 Å². The zero-order valence-corrected chi connectivity index (χ0v) is 14.3. The summed E-state index contributed by atoms with van der Waals surface area (Å²) in [5.74, 6) is 0. The summed E-state index contributed by atoms with van der Waals surface area (Å²) >= 11 is 0. The largest absolute Gasteiger partial charge is 0.309 e. The summed E-state index contributed by atoms with van der Waals surface area (Å²) in [7, 11) is 0.510. The summed E-state index contributed by atoms with van der Waals surface area (Å²) < 4.78 is 27.1. The minimum atomic E-state index is -3.52. The monoisotopic (exact) mass is 340 g/mol. The lowest BCUT2D eigenvalue weighted by Gasteiger charge is -2.11. The highest BCUT2D eigenvalue weighted by Crippen LogP contribution is 2.17. The Bertz CT molecular complexity index is 688. The second-order valence-corrected chi connectivity index (χ2v) is 6.85. The minimum Gasteiger partial charge on any atom is -0.309 e. The third-order valence-corrected chi connectivity index (χ3v) is 4.48. The molecule has 22 heavy (non-hydrogen) atoms. The van der Waals surface area contributed by atoms with Crippen LogP contribution < -0.4 is 4.72 Å². The molecule has 0 heterocycles. The van der Waals surface area contributed by atoms with Crippen LogP contribution in [0.3, 0.4) is 0 Å². The van der Waals surface area contributed by atoms with Crippen LogP contribution in [0.15, 0.2) is 59.5 Å². The van der Waals surface area contributed by atoms with Crippen LogP contribution in [-0.2, 0) is 16.4 Å². The van der Waals surface area contributed by atoms with E-state index in [1.54, 1.807) is 36.4 Å². The molecule has 0 aliphatic rings. The van der Waals surface area contributed by atoms with Gasteiger partial charge in [-0.3, -0.25) is 4.72 Å². The fraction of sp³-hybridized carbons (Fsp3) is 0.250. The Morgan fingerprint density at radius 1 is 1.00 bits per heavy atom. The van der Waals surface area contributed by atoms with Gasteiger partial charge in [0, 0.05) is 12.2 Å². The second-order valence-electron chi connectivity index (χ2n) is 5.17. The molecule has 0 aliphatic carbocycles. The first kappa shape index (κ1) is 18.5. The Morgan fingerprint density at radius 2 is 1.68 bits per heavy atom. The van der Waals surface area contributed by atoms with Gasteiger partial charge < -0.3 is 4.90 Å². The normalized spacial score (nSPS) is 11.0. The number of likely N-dealkylation sites (N-methyl/N-ethyl adjacent to an activating group) is 1. The second kappa shape index (κ2) is 8.17. The molecule has 0 bridgehead atoms. The predicted octanol–water partition coefficient (Wildman–Crippen LogP) is 3.01. The minimum absolute atomic E-state index is 0. The van der Waals surface area contributed by atoms with Gasteiger partial charge in [0.05, 0.1) is 4.90 Å². The Labute approximate surface area is 138 Å². The summed E-state index contributed by atoms with van der Waals surface area (Å²) in [6, 6.07) is 15.9. The van der Waals surface area contributed by atoms with E-state index < -0.39 is 10.0 Å². The van der Waals surface area contributed by atoms with Crippen LogP contribution in [0, 0.1) is 0 Å². The van der Waals surface area contributed by atoms with Crippen LogP contribution >= 0.6 is 12.4 Å². The maximum absolute atomic E-state index is 12.3. The zero-order valence-electron chi connectivity index (χ0n) is 12.7. The van der Waals surface area contributed by atoms with Crippen molar-refractivity contribution in [3.8, 4) is 0 Å². The van der Waals surface area contributed by atoms with Crippen molar-refractivity contribution in [3.63, 3.8) is 0 Å². The first-order chi connectivity index (χ1) is 9.97. The molecule has 120 valence electrons. The van der Waals surface area contributed by atoms with Gasteiger partial charge in [-0.15, -0.1) is 12.4 Å². The highest BCUT2D eigenvalue weighted by atomic mass is 35.5. The molecule has 1 N–H and O–H groups in total. The molecule has 4 nitrogen and oxygen atoms in total. The molecule has 6 heteroatoms. The topological polar surface area (TPSA) is 49.4 Å². The quantitative estimate of drug-likeness (QED) is 0.879.